The highest BCUT2D eigenvalue weighted by atomic mass is 16.5. The Morgan fingerprint density at radius 2 is 1.92 bits per heavy atom. The van der Waals surface area contributed by atoms with E-state index in [2.05, 4.69) is 22.5 Å². The Kier molecular flexibility index (Phi) is 7.82. The number of carbonyl (C=O) groups excluding carboxylic acids is 1. The van der Waals surface area contributed by atoms with Crippen molar-refractivity contribution in [2.45, 2.75) is 51.5 Å². The average Bonchev–Trinajstić information content (AvgIpc) is 3.11. The van der Waals surface area contributed by atoms with Crippen molar-refractivity contribution in [1.29, 1.82) is 0 Å². The van der Waals surface area contributed by atoms with E-state index in [4.69, 9.17) is 4.74 Å². The van der Waals surface area contributed by atoms with Crippen molar-refractivity contribution >= 4 is 11.9 Å². The quantitative estimate of drug-likeness (QED) is 0.570. The normalized spacial score (nSPS) is 27.8. The van der Waals surface area contributed by atoms with Crippen molar-refractivity contribution in [3.8, 4) is 0 Å². The predicted octanol–water partition coefficient (Wildman–Crippen LogP) is 1.62. The van der Waals surface area contributed by atoms with Crippen LogP contribution in [-0.4, -0.2) is 63.2 Å². The summed E-state index contributed by atoms with van der Waals surface area (Å²) >= 11 is 0. The molecular formula is C18H34N4O2. The fourth-order valence-corrected chi connectivity index (χ4v) is 3.33. The Bertz CT molecular complexity index is 411. The monoisotopic (exact) mass is 338 g/mol. The molecule has 138 valence electrons. The molecule has 1 atom stereocenters. The van der Waals surface area contributed by atoms with E-state index in [9.17, 15) is 4.79 Å². The molecule has 2 rings (SSSR count). The zero-order valence-corrected chi connectivity index (χ0v) is 15.5. The van der Waals surface area contributed by atoms with Gasteiger partial charge in [0.15, 0.2) is 5.96 Å². The van der Waals surface area contributed by atoms with Crippen molar-refractivity contribution in [3.05, 3.63) is 0 Å². The Morgan fingerprint density at radius 1 is 1.17 bits per heavy atom. The van der Waals surface area contributed by atoms with Gasteiger partial charge in [0.25, 0.3) is 0 Å². The number of rotatable bonds is 6. The van der Waals surface area contributed by atoms with Crippen LogP contribution in [0.3, 0.4) is 0 Å². The van der Waals surface area contributed by atoms with Crippen molar-refractivity contribution in [3.63, 3.8) is 0 Å². The van der Waals surface area contributed by atoms with Gasteiger partial charge in [0.2, 0.25) is 5.91 Å². The summed E-state index contributed by atoms with van der Waals surface area (Å²) in [7, 11) is 3.53. The first-order chi connectivity index (χ1) is 11.6. The summed E-state index contributed by atoms with van der Waals surface area (Å²) in [6.07, 6.45) is 7.33. The minimum atomic E-state index is 0.0231. The van der Waals surface area contributed by atoms with Crippen LogP contribution in [0.5, 0.6) is 0 Å². The zero-order chi connectivity index (χ0) is 17.4. The molecule has 6 heteroatoms. The molecule has 0 radical (unpaired) electrons. The fraction of sp³-hybridized carbons (Fsp3) is 0.889. The number of nitrogens with zero attached hydrogens (tertiary/aromatic N) is 2. The lowest BCUT2D eigenvalue weighted by Gasteiger charge is -2.30. The third kappa shape index (κ3) is 6.30. The maximum atomic E-state index is 11.8. The average molecular weight is 338 g/mol. The third-order valence-corrected chi connectivity index (χ3v) is 5.22. The van der Waals surface area contributed by atoms with Crippen LogP contribution in [0.15, 0.2) is 4.99 Å². The minimum Gasteiger partial charge on any atom is -0.381 e. The summed E-state index contributed by atoms with van der Waals surface area (Å²) in [5.74, 6) is 2.21. The van der Waals surface area contributed by atoms with Crippen molar-refractivity contribution in [1.82, 2.24) is 15.5 Å². The van der Waals surface area contributed by atoms with Crippen LogP contribution in [0.1, 0.15) is 45.4 Å². The van der Waals surface area contributed by atoms with Crippen molar-refractivity contribution < 1.29 is 9.53 Å². The smallest absolute Gasteiger partial charge is 0.243 e. The summed E-state index contributed by atoms with van der Waals surface area (Å²) in [4.78, 5) is 17.9. The van der Waals surface area contributed by atoms with Crippen LogP contribution < -0.4 is 10.6 Å². The van der Waals surface area contributed by atoms with Gasteiger partial charge in [-0.15, -0.1) is 0 Å². The van der Waals surface area contributed by atoms with Gasteiger partial charge >= 0.3 is 0 Å². The first-order valence-corrected chi connectivity index (χ1v) is 9.41. The highest BCUT2D eigenvalue weighted by molar-refractivity contribution is 5.84. The first kappa shape index (κ1) is 19.0. The summed E-state index contributed by atoms with van der Waals surface area (Å²) < 4.78 is 5.43. The molecular weight excluding hydrogens is 304 g/mol. The Hall–Kier alpha value is -1.30. The summed E-state index contributed by atoms with van der Waals surface area (Å²) in [5.41, 5.74) is 0. The Balaban J connectivity index is 1.86. The van der Waals surface area contributed by atoms with E-state index in [-0.39, 0.29) is 12.5 Å². The Morgan fingerprint density at radius 3 is 2.50 bits per heavy atom. The number of aliphatic imine (C=N–C) groups is 1. The maximum Gasteiger partial charge on any atom is 0.243 e. The van der Waals surface area contributed by atoms with Crippen LogP contribution in [0.25, 0.3) is 0 Å². The fourth-order valence-electron chi connectivity index (χ4n) is 3.33. The van der Waals surface area contributed by atoms with Gasteiger partial charge in [-0.05, 0) is 38.0 Å². The molecule has 0 aromatic rings. The number of guanidine groups is 1. The molecule has 1 aliphatic heterocycles. The van der Waals surface area contributed by atoms with Crippen molar-refractivity contribution in [2.24, 2.45) is 16.8 Å². The second-order valence-electron chi connectivity index (χ2n) is 7.33. The van der Waals surface area contributed by atoms with Crippen LogP contribution in [0, 0.1) is 11.8 Å². The van der Waals surface area contributed by atoms with Gasteiger partial charge in [-0.1, -0.05) is 13.3 Å². The molecule has 1 saturated heterocycles. The van der Waals surface area contributed by atoms with Gasteiger partial charge in [0.05, 0.1) is 6.61 Å². The van der Waals surface area contributed by atoms with E-state index in [1.54, 1.807) is 19.0 Å². The van der Waals surface area contributed by atoms with Crippen molar-refractivity contribution in [2.75, 3.05) is 40.4 Å². The molecule has 2 fully saturated rings. The van der Waals surface area contributed by atoms with E-state index in [0.717, 1.165) is 38.1 Å². The zero-order valence-electron chi connectivity index (χ0n) is 15.5. The van der Waals surface area contributed by atoms with E-state index in [0.29, 0.717) is 12.0 Å². The molecule has 1 unspecified atom stereocenters. The van der Waals surface area contributed by atoms with E-state index >= 15 is 0 Å². The van der Waals surface area contributed by atoms with E-state index < -0.39 is 0 Å². The van der Waals surface area contributed by atoms with Gasteiger partial charge in [0, 0.05) is 39.2 Å². The predicted molar refractivity (Wildman–Crippen MR) is 97.1 cm³/mol. The first-order valence-electron chi connectivity index (χ1n) is 9.41. The molecule has 0 aromatic carbocycles. The largest absolute Gasteiger partial charge is 0.381 e. The van der Waals surface area contributed by atoms with Gasteiger partial charge in [0.1, 0.15) is 6.54 Å². The van der Waals surface area contributed by atoms with Crippen LogP contribution in [-0.2, 0) is 9.53 Å². The molecule has 1 aliphatic carbocycles. The van der Waals surface area contributed by atoms with Gasteiger partial charge in [-0.3, -0.25) is 4.79 Å². The molecule has 0 aromatic heterocycles. The Labute approximate surface area is 146 Å². The van der Waals surface area contributed by atoms with Gasteiger partial charge in [-0.2, -0.15) is 0 Å². The number of amides is 1. The summed E-state index contributed by atoms with van der Waals surface area (Å²) in [6.45, 7) is 4.99. The standard InChI is InChI=1S/C18H34N4O2/c1-4-14-5-7-16(8-6-14)21-18(20-12-17(23)22(2)3)19-11-15-9-10-24-13-15/h14-16H,4-13H2,1-3H3,(H2,19,20,21). The highest BCUT2D eigenvalue weighted by Crippen LogP contribution is 2.26. The molecule has 6 nitrogen and oxygen atoms in total. The number of hydrogen-bond acceptors (Lipinski definition) is 3. The van der Waals surface area contributed by atoms with Crippen LogP contribution >= 0.6 is 0 Å². The summed E-state index contributed by atoms with van der Waals surface area (Å²) in [6, 6.07) is 0.466. The number of carbonyl (C=O) groups is 1. The molecule has 24 heavy (non-hydrogen) atoms. The molecule has 1 saturated carbocycles. The van der Waals surface area contributed by atoms with Crippen LogP contribution in [0.2, 0.25) is 0 Å². The second kappa shape index (κ2) is 9.87. The lowest BCUT2D eigenvalue weighted by molar-refractivity contribution is -0.127. The molecule has 1 amide bonds. The van der Waals surface area contributed by atoms with Crippen LogP contribution in [0.4, 0.5) is 0 Å². The number of nitrogens with one attached hydrogen (secondary N) is 2. The molecule has 0 spiro atoms. The topological polar surface area (TPSA) is 66.0 Å². The molecule has 0 bridgehead atoms. The number of ether oxygens (including phenoxy) is 1. The molecule has 1 heterocycles. The highest BCUT2D eigenvalue weighted by Gasteiger charge is 2.22. The minimum absolute atomic E-state index is 0.0231. The van der Waals surface area contributed by atoms with Gasteiger partial charge in [-0.25, -0.2) is 4.99 Å². The number of likely N-dealkylation sites (N-methyl/N-ethyl adjacent to an activating group) is 1. The van der Waals surface area contributed by atoms with E-state index in [1.807, 2.05) is 0 Å². The lowest BCUT2D eigenvalue weighted by atomic mass is 9.84. The summed E-state index contributed by atoms with van der Waals surface area (Å²) in [5, 5.41) is 6.96. The van der Waals surface area contributed by atoms with E-state index in [1.165, 1.54) is 32.1 Å². The number of hydrogen-bond donors (Lipinski definition) is 2. The SMILES string of the molecule is CCC1CCC(NC(=NCC(=O)N(C)C)NCC2CCOC2)CC1. The molecule has 2 N–H and O–H groups in total. The maximum absolute atomic E-state index is 11.8. The third-order valence-electron chi connectivity index (χ3n) is 5.22. The lowest BCUT2D eigenvalue weighted by Crippen LogP contribution is -2.46. The molecule has 2 aliphatic rings. The second-order valence-corrected chi connectivity index (χ2v) is 7.33. The van der Waals surface area contributed by atoms with Gasteiger partial charge < -0.3 is 20.3 Å².